The van der Waals surface area contributed by atoms with Gasteiger partial charge in [0.2, 0.25) is 5.91 Å². The van der Waals surface area contributed by atoms with Crippen LogP contribution in [-0.4, -0.2) is 47.0 Å². The maximum absolute atomic E-state index is 14.2. The molecule has 0 N–H and O–H groups in total. The first kappa shape index (κ1) is 34.9. The summed E-state index contributed by atoms with van der Waals surface area (Å²) in [6, 6.07) is 19.3. The van der Waals surface area contributed by atoms with Crippen molar-refractivity contribution in [2.45, 2.75) is 32.0 Å². The summed E-state index contributed by atoms with van der Waals surface area (Å²) in [7, 11) is 3.78. The zero-order chi connectivity index (χ0) is 30.2. The number of aromatic nitrogens is 2. The molecule has 0 spiro atoms. The Labute approximate surface area is 267 Å². The Morgan fingerprint density at radius 2 is 1.61 bits per heavy atom. The molecule has 6 nitrogen and oxygen atoms in total. The molecule has 0 fully saturated rings. The third kappa shape index (κ3) is 6.87. The lowest BCUT2D eigenvalue weighted by molar-refractivity contribution is -0.137. The lowest BCUT2D eigenvalue weighted by Gasteiger charge is -2.38. The van der Waals surface area contributed by atoms with Gasteiger partial charge in [0.15, 0.2) is 5.78 Å². The summed E-state index contributed by atoms with van der Waals surface area (Å²) in [5.74, 6) is -2.50. The van der Waals surface area contributed by atoms with Crippen LogP contribution in [0.3, 0.4) is 0 Å². The molecule has 1 amide bonds. The van der Waals surface area contributed by atoms with Crippen molar-refractivity contribution in [1.82, 2.24) is 14.7 Å². The van der Waals surface area contributed by atoms with Crippen molar-refractivity contribution in [2.75, 3.05) is 25.5 Å². The number of halogens is 4. The smallest absolute Gasteiger partial charge is 0.303 e. The van der Waals surface area contributed by atoms with Crippen LogP contribution < -0.4 is 4.90 Å². The number of fused-ring (bicyclic) bond motifs is 1. The van der Waals surface area contributed by atoms with E-state index in [2.05, 4.69) is 0 Å². The first-order valence-corrected chi connectivity index (χ1v) is 13.6. The van der Waals surface area contributed by atoms with Crippen molar-refractivity contribution in [3.05, 3.63) is 113 Å². The lowest BCUT2D eigenvalue weighted by Crippen LogP contribution is -2.45. The quantitative estimate of drug-likeness (QED) is 0.158. The Balaban J connectivity index is 0.00000264. The molecule has 0 saturated carbocycles. The molecule has 4 aromatic rings. The summed E-state index contributed by atoms with van der Waals surface area (Å²) < 4.78 is 56.0. The minimum absolute atomic E-state index is 0. The molecule has 2 atom stereocenters. The summed E-state index contributed by atoms with van der Waals surface area (Å²) in [5, 5.41) is 4.94. The molecule has 1 aromatic heterocycles. The number of carbonyl (C=O) groups is 2. The van der Waals surface area contributed by atoms with Crippen LogP contribution in [0.1, 0.15) is 52.0 Å². The topological polar surface area (TPSA) is 58.4 Å². The third-order valence-corrected chi connectivity index (χ3v) is 7.45. The standard InChI is InChI=1S/C32H30F4N4O2.2H2S/c1-4-39-30-29(26(19-38(2)3)37-40(30)24-11-6-5-7-12-24)28(20-13-15-23(33)16-14-20)25(31(39)42)18-27(41)21-9-8-10-22(17-21)32(34,35)36;;/h5-17,25,28H,4,18-19H2,1-3H3;2*1H2/t25-,28+;;/m0../s1. The monoisotopic (exact) mass is 646 g/mol. The Morgan fingerprint density at radius 3 is 2.20 bits per heavy atom. The molecule has 1 aliphatic heterocycles. The van der Waals surface area contributed by atoms with E-state index in [-0.39, 0.29) is 51.4 Å². The number of carbonyl (C=O) groups excluding carboxylic acids is 2. The number of para-hydroxylation sites is 1. The van der Waals surface area contributed by atoms with Crippen LogP contribution in [0.25, 0.3) is 5.69 Å². The van der Waals surface area contributed by atoms with Gasteiger partial charge in [0.05, 0.1) is 22.9 Å². The van der Waals surface area contributed by atoms with E-state index in [9.17, 15) is 27.2 Å². The molecular formula is C32H34F4N4O2S2. The molecule has 0 aliphatic carbocycles. The van der Waals surface area contributed by atoms with E-state index < -0.39 is 35.2 Å². The van der Waals surface area contributed by atoms with Crippen LogP contribution in [-0.2, 0) is 17.5 Å². The van der Waals surface area contributed by atoms with Crippen LogP contribution in [0.4, 0.5) is 23.4 Å². The molecule has 5 rings (SSSR count). The maximum Gasteiger partial charge on any atom is 0.416 e. The van der Waals surface area contributed by atoms with Gasteiger partial charge in [0, 0.05) is 36.6 Å². The second kappa shape index (κ2) is 14.0. The number of benzene rings is 3. The maximum atomic E-state index is 14.2. The van der Waals surface area contributed by atoms with Crippen LogP contribution in [0.2, 0.25) is 0 Å². The first-order valence-electron chi connectivity index (χ1n) is 13.6. The molecule has 2 heterocycles. The highest BCUT2D eigenvalue weighted by Gasteiger charge is 2.46. The third-order valence-electron chi connectivity index (χ3n) is 7.45. The number of ketones is 1. The van der Waals surface area contributed by atoms with E-state index in [0.29, 0.717) is 23.6 Å². The van der Waals surface area contributed by atoms with E-state index in [1.165, 1.54) is 24.3 Å². The zero-order valence-electron chi connectivity index (χ0n) is 24.4. The molecule has 0 unspecified atom stereocenters. The van der Waals surface area contributed by atoms with Crippen LogP contribution in [0.5, 0.6) is 0 Å². The molecular weight excluding hydrogens is 613 g/mol. The van der Waals surface area contributed by atoms with Gasteiger partial charge in [0.1, 0.15) is 11.6 Å². The van der Waals surface area contributed by atoms with Crippen LogP contribution in [0, 0.1) is 11.7 Å². The highest BCUT2D eigenvalue weighted by Crippen LogP contribution is 2.48. The Kier molecular flexibility index (Phi) is 11.1. The second-order valence-electron chi connectivity index (χ2n) is 10.6. The first-order chi connectivity index (χ1) is 20.0. The fourth-order valence-electron chi connectivity index (χ4n) is 5.62. The summed E-state index contributed by atoms with van der Waals surface area (Å²) in [5.41, 5.74) is 1.68. The van der Waals surface area contributed by atoms with Crippen molar-refractivity contribution in [1.29, 1.82) is 0 Å². The number of anilines is 1. The average Bonchev–Trinajstić information content (AvgIpc) is 3.32. The summed E-state index contributed by atoms with van der Waals surface area (Å²) in [6.45, 7) is 2.51. The SMILES string of the molecule is CCN1C(=O)[C@@H](CC(=O)c2cccc(C(F)(F)F)c2)[C@@H](c2ccc(F)cc2)c2c(CN(C)C)nn(-c3ccccc3)c21.S.S. The number of amides is 1. The second-order valence-corrected chi connectivity index (χ2v) is 10.6. The molecule has 234 valence electrons. The molecule has 1 aliphatic rings. The molecule has 44 heavy (non-hydrogen) atoms. The fraction of sp³-hybridized carbons (Fsp3) is 0.281. The minimum atomic E-state index is -4.62. The number of Topliss-reactive ketones (excluding diaryl/α,β-unsaturated/α-hetero) is 1. The van der Waals surface area contributed by atoms with Gasteiger partial charge >= 0.3 is 6.18 Å². The van der Waals surface area contributed by atoms with Crippen molar-refractivity contribution in [2.24, 2.45) is 5.92 Å². The number of hydrogen-bond acceptors (Lipinski definition) is 4. The average molecular weight is 647 g/mol. The Bertz CT molecular complexity index is 1610. The van der Waals surface area contributed by atoms with Gasteiger partial charge in [-0.3, -0.25) is 14.5 Å². The summed E-state index contributed by atoms with van der Waals surface area (Å²) in [4.78, 5) is 31.3. The lowest BCUT2D eigenvalue weighted by atomic mass is 9.74. The van der Waals surface area contributed by atoms with Gasteiger partial charge in [-0.25, -0.2) is 9.07 Å². The summed E-state index contributed by atoms with van der Waals surface area (Å²) in [6.07, 6.45) is -4.95. The van der Waals surface area contributed by atoms with E-state index in [4.69, 9.17) is 5.10 Å². The van der Waals surface area contributed by atoms with Gasteiger partial charge in [-0.1, -0.05) is 42.5 Å². The highest BCUT2D eigenvalue weighted by atomic mass is 32.1. The minimum Gasteiger partial charge on any atom is -0.303 e. The van der Waals surface area contributed by atoms with Crippen molar-refractivity contribution >= 4 is 44.5 Å². The molecule has 12 heteroatoms. The predicted octanol–water partition coefficient (Wildman–Crippen LogP) is 6.71. The number of rotatable bonds is 8. The van der Waals surface area contributed by atoms with Crippen LogP contribution in [0.15, 0.2) is 78.9 Å². The predicted molar refractivity (Wildman–Crippen MR) is 172 cm³/mol. The van der Waals surface area contributed by atoms with Crippen molar-refractivity contribution in [3.8, 4) is 5.69 Å². The number of alkyl halides is 3. The van der Waals surface area contributed by atoms with E-state index in [1.807, 2.05) is 56.3 Å². The van der Waals surface area contributed by atoms with Gasteiger partial charge in [0.25, 0.3) is 0 Å². The number of hydrogen-bond donors (Lipinski definition) is 0. The molecule has 3 aromatic carbocycles. The molecule has 0 radical (unpaired) electrons. The van der Waals surface area contributed by atoms with Gasteiger partial charge in [-0.15, -0.1) is 0 Å². The van der Waals surface area contributed by atoms with Crippen molar-refractivity contribution < 1.29 is 27.2 Å². The fourth-order valence-corrected chi connectivity index (χ4v) is 5.62. The number of nitrogens with zero attached hydrogens (tertiary/aromatic N) is 4. The largest absolute Gasteiger partial charge is 0.416 e. The van der Waals surface area contributed by atoms with Crippen LogP contribution >= 0.6 is 27.0 Å². The highest BCUT2D eigenvalue weighted by molar-refractivity contribution is 7.59. The van der Waals surface area contributed by atoms with Crippen molar-refractivity contribution in [3.63, 3.8) is 0 Å². The van der Waals surface area contributed by atoms with Gasteiger partial charge < -0.3 is 4.90 Å². The molecule has 0 saturated heterocycles. The molecule has 0 bridgehead atoms. The Morgan fingerprint density at radius 1 is 0.955 bits per heavy atom. The van der Waals surface area contributed by atoms with E-state index in [1.54, 1.807) is 21.7 Å². The Hall–Kier alpha value is -3.61. The normalized spacial score (nSPS) is 16.3. The van der Waals surface area contributed by atoms with Gasteiger partial charge in [-0.2, -0.15) is 45.3 Å². The van der Waals surface area contributed by atoms with E-state index in [0.717, 1.165) is 23.4 Å². The van der Waals surface area contributed by atoms with Gasteiger partial charge in [-0.05, 0) is 63.0 Å². The van der Waals surface area contributed by atoms with E-state index >= 15 is 0 Å². The summed E-state index contributed by atoms with van der Waals surface area (Å²) >= 11 is 0. The zero-order valence-corrected chi connectivity index (χ0v) is 26.4.